The topological polar surface area (TPSA) is 79.2 Å². The molecule has 1 rings (SSSR count). The summed E-state index contributed by atoms with van der Waals surface area (Å²) >= 11 is 0. The average molecular weight is 429 g/mol. The molecule has 1 aliphatic rings. The van der Waals surface area contributed by atoms with Crippen LogP contribution in [0.1, 0.15) is 103 Å². The van der Waals surface area contributed by atoms with Crippen molar-refractivity contribution < 1.29 is 24.8 Å². The number of rotatable bonds is 19. The Labute approximate surface area is 184 Å². The Bertz CT molecular complexity index is 401. The lowest BCUT2D eigenvalue weighted by molar-refractivity contribution is -0.208. The summed E-state index contributed by atoms with van der Waals surface area (Å²) in [4.78, 5) is 0. The van der Waals surface area contributed by atoms with Crippen LogP contribution in [0.4, 0.5) is 0 Å². The van der Waals surface area contributed by atoms with Gasteiger partial charge in [0, 0.05) is 6.61 Å². The zero-order valence-corrected chi connectivity index (χ0v) is 19.4. The lowest BCUT2D eigenvalue weighted by atomic mass is 10.0. The summed E-state index contributed by atoms with van der Waals surface area (Å²) in [6.07, 6.45) is 20.7. The highest BCUT2D eigenvalue weighted by Gasteiger charge is 2.38. The molecule has 0 aromatic carbocycles. The first-order chi connectivity index (χ1) is 14.7. The quantitative estimate of drug-likeness (QED) is 0.201. The maximum absolute atomic E-state index is 10.0. The fourth-order valence-corrected chi connectivity index (χ4v) is 3.92. The molecule has 3 N–H and O–H groups in total. The van der Waals surface area contributed by atoms with E-state index in [9.17, 15) is 10.2 Å². The lowest BCUT2D eigenvalue weighted by Crippen LogP contribution is -2.55. The van der Waals surface area contributed by atoms with Crippen LogP contribution in [0.3, 0.4) is 0 Å². The predicted molar refractivity (Wildman–Crippen MR) is 123 cm³/mol. The van der Waals surface area contributed by atoms with Crippen molar-refractivity contribution in [1.29, 1.82) is 0 Å². The Balaban J connectivity index is 1.83. The molecule has 0 unspecified atom stereocenters. The van der Waals surface area contributed by atoms with Gasteiger partial charge in [0.1, 0.15) is 24.4 Å². The van der Waals surface area contributed by atoms with E-state index in [1.165, 1.54) is 70.6 Å². The van der Waals surface area contributed by atoms with Crippen LogP contribution < -0.4 is 0 Å². The fraction of sp³-hybridized carbons (Fsp3) is 0.920. The van der Waals surface area contributed by atoms with Crippen molar-refractivity contribution in [3.8, 4) is 0 Å². The summed E-state index contributed by atoms with van der Waals surface area (Å²) in [6.45, 7) is 2.75. The Morgan fingerprint density at radius 3 is 1.87 bits per heavy atom. The number of allylic oxidation sites excluding steroid dienone is 2. The molecule has 0 radical (unpaired) electrons. The molecule has 0 aliphatic carbocycles. The molecule has 1 aliphatic heterocycles. The minimum atomic E-state index is -1.09. The molecular weight excluding hydrogens is 380 g/mol. The molecule has 0 amide bonds. The standard InChI is InChI=1S/C25H48O5/c1-2-3-4-5-6-7-8-9-10-11-12-13-14-15-16-17-18-19-29-23-21-30-22(20-26)24(27)25(23)28/h13-14,22-28H,2-12,15-21H2,1H3/b14-13+/t22-,23+,24-,25-/m0/s1. The summed E-state index contributed by atoms with van der Waals surface area (Å²) in [5.74, 6) is 0. The Kier molecular flexibility index (Phi) is 17.7. The molecule has 1 saturated heterocycles. The number of ether oxygens (including phenoxy) is 2. The largest absolute Gasteiger partial charge is 0.394 e. The van der Waals surface area contributed by atoms with Crippen LogP contribution >= 0.6 is 0 Å². The zero-order chi connectivity index (χ0) is 21.9. The van der Waals surface area contributed by atoms with Gasteiger partial charge < -0.3 is 24.8 Å². The van der Waals surface area contributed by atoms with E-state index in [4.69, 9.17) is 14.6 Å². The van der Waals surface area contributed by atoms with Gasteiger partial charge in [-0.3, -0.25) is 0 Å². The monoisotopic (exact) mass is 428 g/mol. The second kappa shape index (κ2) is 19.2. The van der Waals surface area contributed by atoms with Gasteiger partial charge in [0.15, 0.2) is 0 Å². The van der Waals surface area contributed by atoms with E-state index in [2.05, 4.69) is 19.1 Å². The van der Waals surface area contributed by atoms with Crippen LogP contribution in [0, 0.1) is 0 Å². The van der Waals surface area contributed by atoms with Crippen LogP contribution in [0.15, 0.2) is 12.2 Å². The second-order valence-corrected chi connectivity index (χ2v) is 8.74. The lowest BCUT2D eigenvalue weighted by Gasteiger charge is -2.36. The van der Waals surface area contributed by atoms with Crippen LogP contribution in [-0.4, -0.2) is 59.6 Å². The highest BCUT2D eigenvalue weighted by Crippen LogP contribution is 2.18. The molecule has 0 aromatic rings. The van der Waals surface area contributed by atoms with Gasteiger partial charge in [-0.1, -0.05) is 83.3 Å². The molecule has 1 fully saturated rings. The average Bonchev–Trinajstić information content (AvgIpc) is 2.75. The highest BCUT2D eigenvalue weighted by molar-refractivity contribution is 4.87. The van der Waals surface area contributed by atoms with E-state index < -0.39 is 24.4 Å². The van der Waals surface area contributed by atoms with Crippen molar-refractivity contribution in [3.63, 3.8) is 0 Å². The molecule has 1 heterocycles. The first-order valence-electron chi connectivity index (χ1n) is 12.6. The molecule has 0 aromatic heterocycles. The van der Waals surface area contributed by atoms with Crippen molar-refractivity contribution in [2.45, 2.75) is 128 Å². The van der Waals surface area contributed by atoms with Crippen LogP contribution in [-0.2, 0) is 9.47 Å². The van der Waals surface area contributed by atoms with Crippen LogP contribution in [0.5, 0.6) is 0 Å². The van der Waals surface area contributed by atoms with E-state index in [0.717, 1.165) is 25.7 Å². The zero-order valence-electron chi connectivity index (χ0n) is 19.4. The fourth-order valence-electron chi connectivity index (χ4n) is 3.92. The van der Waals surface area contributed by atoms with E-state index in [1.807, 2.05) is 0 Å². The molecule has 5 nitrogen and oxygen atoms in total. The molecule has 0 spiro atoms. The number of aliphatic hydroxyl groups excluding tert-OH is 3. The van der Waals surface area contributed by atoms with E-state index >= 15 is 0 Å². The maximum Gasteiger partial charge on any atom is 0.111 e. The van der Waals surface area contributed by atoms with Gasteiger partial charge in [-0.2, -0.15) is 0 Å². The van der Waals surface area contributed by atoms with Gasteiger partial charge in [-0.25, -0.2) is 0 Å². The van der Waals surface area contributed by atoms with Crippen molar-refractivity contribution in [2.24, 2.45) is 0 Å². The van der Waals surface area contributed by atoms with E-state index in [0.29, 0.717) is 6.61 Å². The Morgan fingerprint density at radius 2 is 1.30 bits per heavy atom. The Hall–Kier alpha value is -0.460. The molecule has 0 bridgehead atoms. The van der Waals surface area contributed by atoms with E-state index in [-0.39, 0.29) is 13.2 Å². The van der Waals surface area contributed by atoms with Gasteiger partial charge in [0.2, 0.25) is 0 Å². The van der Waals surface area contributed by atoms with Crippen LogP contribution in [0.25, 0.3) is 0 Å². The minimum Gasteiger partial charge on any atom is -0.394 e. The molecule has 30 heavy (non-hydrogen) atoms. The number of aliphatic hydroxyl groups is 3. The Morgan fingerprint density at radius 1 is 0.767 bits per heavy atom. The van der Waals surface area contributed by atoms with Gasteiger partial charge in [-0.15, -0.1) is 0 Å². The normalized spacial score (nSPS) is 24.7. The smallest absolute Gasteiger partial charge is 0.111 e. The molecule has 0 saturated carbocycles. The number of hydrogen-bond donors (Lipinski definition) is 3. The van der Waals surface area contributed by atoms with Gasteiger partial charge >= 0.3 is 0 Å². The molecule has 4 atom stereocenters. The summed E-state index contributed by atoms with van der Waals surface area (Å²) in [5.41, 5.74) is 0. The van der Waals surface area contributed by atoms with Gasteiger partial charge in [-0.05, 0) is 32.1 Å². The predicted octanol–water partition coefficient (Wildman–Crippen LogP) is 4.91. The maximum atomic E-state index is 10.0. The van der Waals surface area contributed by atoms with Crippen molar-refractivity contribution >= 4 is 0 Å². The minimum absolute atomic E-state index is 0.213. The van der Waals surface area contributed by atoms with Crippen molar-refractivity contribution in [1.82, 2.24) is 0 Å². The van der Waals surface area contributed by atoms with Gasteiger partial charge in [0.25, 0.3) is 0 Å². The van der Waals surface area contributed by atoms with Crippen molar-refractivity contribution in [2.75, 3.05) is 19.8 Å². The number of hydrogen-bond acceptors (Lipinski definition) is 5. The SMILES string of the molecule is CCCCCCCCCCCC/C=C/CCCCCO[C@@H]1CO[C@@H](CO)[C@H](O)[C@H]1O. The third-order valence-corrected chi connectivity index (χ3v) is 6.00. The van der Waals surface area contributed by atoms with Gasteiger partial charge in [0.05, 0.1) is 13.2 Å². The summed E-state index contributed by atoms with van der Waals surface area (Å²) in [6, 6.07) is 0. The summed E-state index contributed by atoms with van der Waals surface area (Å²) < 4.78 is 11.0. The molecular formula is C25H48O5. The summed E-state index contributed by atoms with van der Waals surface area (Å²) in [7, 11) is 0. The third kappa shape index (κ3) is 13.1. The first-order valence-corrected chi connectivity index (χ1v) is 12.6. The molecule has 178 valence electrons. The highest BCUT2D eigenvalue weighted by atomic mass is 16.6. The first kappa shape index (κ1) is 27.6. The third-order valence-electron chi connectivity index (χ3n) is 6.00. The van der Waals surface area contributed by atoms with Crippen LogP contribution in [0.2, 0.25) is 0 Å². The summed E-state index contributed by atoms with van der Waals surface area (Å²) in [5, 5.41) is 28.9. The second-order valence-electron chi connectivity index (χ2n) is 8.74. The number of unbranched alkanes of at least 4 members (excludes halogenated alkanes) is 13. The van der Waals surface area contributed by atoms with Crippen molar-refractivity contribution in [3.05, 3.63) is 12.2 Å². The molecule has 5 heteroatoms. The van der Waals surface area contributed by atoms with E-state index in [1.54, 1.807) is 0 Å².